The van der Waals surface area contributed by atoms with Gasteiger partial charge in [-0.25, -0.2) is 0 Å². The molecular formula is C18H26N2O. The molecule has 21 heavy (non-hydrogen) atoms. The molecule has 1 amide bonds. The van der Waals surface area contributed by atoms with Crippen molar-refractivity contribution < 1.29 is 4.79 Å². The molecule has 3 nitrogen and oxygen atoms in total. The Kier molecular flexibility index (Phi) is 4.47. The predicted molar refractivity (Wildman–Crippen MR) is 86.5 cm³/mol. The van der Waals surface area contributed by atoms with Gasteiger partial charge in [0.1, 0.15) is 0 Å². The molecule has 1 aliphatic carbocycles. The molecule has 0 aromatic heterocycles. The largest absolute Gasteiger partial charge is 0.366 e. The van der Waals surface area contributed by atoms with Crippen LogP contribution in [0, 0.1) is 5.92 Å². The maximum atomic E-state index is 12.2. The second kappa shape index (κ2) is 6.50. The maximum absolute atomic E-state index is 12.2. The summed E-state index contributed by atoms with van der Waals surface area (Å²) < 4.78 is 0. The van der Waals surface area contributed by atoms with E-state index in [1.165, 1.54) is 30.5 Å². The number of carbonyl (C=O) groups excluding carboxylic acids is 1. The Morgan fingerprint density at radius 2 is 2.05 bits per heavy atom. The Balaban J connectivity index is 1.53. The van der Waals surface area contributed by atoms with E-state index in [4.69, 9.17) is 0 Å². The summed E-state index contributed by atoms with van der Waals surface area (Å²) in [4.78, 5) is 14.7. The van der Waals surface area contributed by atoms with Crippen molar-refractivity contribution in [3.63, 3.8) is 0 Å². The molecule has 2 aliphatic rings. The first kappa shape index (κ1) is 14.4. The Morgan fingerprint density at radius 3 is 2.86 bits per heavy atom. The Bertz CT molecular complexity index is 494. The molecule has 114 valence electrons. The number of nitrogens with one attached hydrogen (secondary N) is 1. The molecule has 1 atom stereocenters. The fourth-order valence-corrected chi connectivity index (χ4v) is 3.69. The summed E-state index contributed by atoms with van der Waals surface area (Å²) in [7, 11) is 0. The predicted octanol–water partition coefficient (Wildman–Crippen LogP) is 3.13. The first-order valence-corrected chi connectivity index (χ1v) is 8.38. The third kappa shape index (κ3) is 3.22. The molecule has 3 rings (SSSR count). The Morgan fingerprint density at radius 1 is 1.29 bits per heavy atom. The Labute approximate surface area is 127 Å². The summed E-state index contributed by atoms with van der Waals surface area (Å²) in [5.74, 6) is 0.533. The van der Waals surface area contributed by atoms with Crippen LogP contribution >= 0.6 is 0 Å². The van der Waals surface area contributed by atoms with Gasteiger partial charge < -0.3 is 10.2 Å². The van der Waals surface area contributed by atoms with E-state index in [0.29, 0.717) is 6.04 Å². The lowest BCUT2D eigenvalue weighted by Crippen LogP contribution is -2.43. The fraction of sp³-hybridized carbons (Fsp3) is 0.611. The number of nitrogens with zero attached hydrogens (tertiary/aromatic N) is 1. The van der Waals surface area contributed by atoms with Crippen molar-refractivity contribution in [3.8, 4) is 0 Å². The van der Waals surface area contributed by atoms with Gasteiger partial charge in [0.25, 0.3) is 0 Å². The van der Waals surface area contributed by atoms with Gasteiger partial charge >= 0.3 is 0 Å². The van der Waals surface area contributed by atoms with Crippen LogP contribution in [0.5, 0.6) is 0 Å². The van der Waals surface area contributed by atoms with Crippen molar-refractivity contribution in [1.82, 2.24) is 5.32 Å². The van der Waals surface area contributed by atoms with Gasteiger partial charge in [0.2, 0.25) is 5.91 Å². The third-order valence-corrected chi connectivity index (χ3v) is 5.00. The molecule has 1 aromatic carbocycles. The molecule has 1 saturated carbocycles. The van der Waals surface area contributed by atoms with Crippen LogP contribution in [0.25, 0.3) is 0 Å². The second-order valence-electron chi connectivity index (χ2n) is 6.50. The van der Waals surface area contributed by atoms with Crippen molar-refractivity contribution in [3.05, 3.63) is 29.8 Å². The molecule has 1 N–H and O–H groups in total. The average Bonchev–Trinajstić information content (AvgIpc) is 2.97. The molecule has 0 radical (unpaired) electrons. The summed E-state index contributed by atoms with van der Waals surface area (Å²) in [6, 6.07) is 8.98. The van der Waals surface area contributed by atoms with Gasteiger partial charge in [0.15, 0.2) is 0 Å². The zero-order valence-corrected chi connectivity index (χ0v) is 13.0. The molecule has 1 aliphatic heterocycles. The van der Waals surface area contributed by atoms with Crippen molar-refractivity contribution in [2.45, 2.75) is 51.5 Å². The molecule has 1 fully saturated rings. The van der Waals surface area contributed by atoms with Gasteiger partial charge in [-0.3, -0.25) is 4.79 Å². The third-order valence-electron chi connectivity index (χ3n) is 5.00. The Hall–Kier alpha value is -1.51. The minimum Gasteiger partial charge on any atom is -0.366 e. The summed E-state index contributed by atoms with van der Waals surface area (Å²) in [5, 5.41) is 3.18. The monoisotopic (exact) mass is 286 g/mol. The van der Waals surface area contributed by atoms with Gasteiger partial charge in [-0.05, 0) is 37.8 Å². The van der Waals surface area contributed by atoms with Crippen LogP contribution in [0.15, 0.2) is 24.3 Å². The standard InChI is InChI=1S/C18H26N2O/c1-14(13-19-18(21)16-8-3-2-4-9-16)20-12-11-15-7-5-6-10-17(15)20/h5-7,10,14,16H,2-4,8-9,11-13H2,1H3,(H,19,21)/t14-/m1/s1. The van der Waals surface area contributed by atoms with Crippen LogP contribution in [-0.2, 0) is 11.2 Å². The highest BCUT2D eigenvalue weighted by Crippen LogP contribution is 2.29. The van der Waals surface area contributed by atoms with Crippen LogP contribution in [0.4, 0.5) is 5.69 Å². The van der Waals surface area contributed by atoms with Crippen molar-refractivity contribution in [2.24, 2.45) is 5.92 Å². The van der Waals surface area contributed by atoms with Gasteiger partial charge in [0, 0.05) is 30.7 Å². The SMILES string of the molecule is C[C@H](CNC(=O)C1CCCCC1)N1CCc2ccccc21. The molecule has 0 spiro atoms. The normalized spacial score (nSPS) is 20.1. The van der Waals surface area contributed by atoms with Gasteiger partial charge in [-0.2, -0.15) is 0 Å². The van der Waals surface area contributed by atoms with E-state index in [1.807, 2.05) is 0 Å². The number of benzene rings is 1. The number of amides is 1. The molecular weight excluding hydrogens is 260 g/mol. The first-order valence-electron chi connectivity index (χ1n) is 8.38. The van der Waals surface area contributed by atoms with Gasteiger partial charge in [-0.1, -0.05) is 37.5 Å². The topological polar surface area (TPSA) is 32.3 Å². The van der Waals surface area contributed by atoms with Crippen LogP contribution in [0.3, 0.4) is 0 Å². The molecule has 0 unspecified atom stereocenters. The molecule has 1 aromatic rings. The van der Waals surface area contributed by atoms with E-state index in [2.05, 4.69) is 41.4 Å². The maximum Gasteiger partial charge on any atom is 0.223 e. The van der Waals surface area contributed by atoms with Crippen LogP contribution < -0.4 is 10.2 Å². The highest BCUT2D eigenvalue weighted by molar-refractivity contribution is 5.78. The molecule has 3 heteroatoms. The lowest BCUT2D eigenvalue weighted by atomic mass is 9.88. The van der Waals surface area contributed by atoms with Gasteiger partial charge in [-0.15, -0.1) is 0 Å². The minimum atomic E-state index is 0.261. The van der Waals surface area contributed by atoms with E-state index in [9.17, 15) is 4.79 Å². The quantitative estimate of drug-likeness (QED) is 0.922. The fourth-order valence-electron chi connectivity index (χ4n) is 3.69. The number of hydrogen-bond acceptors (Lipinski definition) is 2. The van der Waals surface area contributed by atoms with E-state index in [-0.39, 0.29) is 11.8 Å². The van der Waals surface area contributed by atoms with Crippen LogP contribution in [0.2, 0.25) is 0 Å². The second-order valence-corrected chi connectivity index (χ2v) is 6.50. The number of para-hydroxylation sites is 1. The summed E-state index contributed by atoms with van der Waals surface area (Å²) >= 11 is 0. The van der Waals surface area contributed by atoms with Crippen molar-refractivity contribution in [2.75, 3.05) is 18.0 Å². The number of fused-ring (bicyclic) bond motifs is 1. The zero-order valence-electron chi connectivity index (χ0n) is 13.0. The van der Waals surface area contributed by atoms with E-state index in [1.54, 1.807) is 0 Å². The highest BCUT2D eigenvalue weighted by atomic mass is 16.1. The lowest BCUT2D eigenvalue weighted by molar-refractivity contribution is -0.125. The smallest absolute Gasteiger partial charge is 0.223 e. The van der Waals surface area contributed by atoms with Crippen molar-refractivity contribution >= 4 is 11.6 Å². The number of carbonyl (C=O) groups is 1. The van der Waals surface area contributed by atoms with Gasteiger partial charge in [0.05, 0.1) is 0 Å². The number of hydrogen-bond donors (Lipinski definition) is 1. The molecule has 0 bridgehead atoms. The average molecular weight is 286 g/mol. The van der Waals surface area contributed by atoms with E-state index in [0.717, 1.165) is 32.4 Å². The van der Waals surface area contributed by atoms with Crippen LogP contribution in [-0.4, -0.2) is 25.0 Å². The first-order chi connectivity index (χ1) is 10.3. The summed E-state index contributed by atoms with van der Waals surface area (Å²) in [6.07, 6.45) is 7.00. The zero-order chi connectivity index (χ0) is 14.7. The van der Waals surface area contributed by atoms with Crippen LogP contribution in [0.1, 0.15) is 44.6 Å². The summed E-state index contributed by atoms with van der Waals surface area (Å²) in [6.45, 7) is 4.03. The number of anilines is 1. The summed E-state index contributed by atoms with van der Waals surface area (Å²) in [5.41, 5.74) is 2.78. The lowest BCUT2D eigenvalue weighted by Gasteiger charge is -2.28. The highest BCUT2D eigenvalue weighted by Gasteiger charge is 2.25. The molecule has 1 heterocycles. The molecule has 0 saturated heterocycles. The number of rotatable bonds is 4. The minimum absolute atomic E-state index is 0.261. The van der Waals surface area contributed by atoms with E-state index < -0.39 is 0 Å². The van der Waals surface area contributed by atoms with Crippen molar-refractivity contribution in [1.29, 1.82) is 0 Å². The van der Waals surface area contributed by atoms with E-state index >= 15 is 0 Å².